The van der Waals surface area contributed by atoms with Crippen molar-refractivity contribution in [1.29, 1.82) is 0 Å². The van der Waals surface area contributed by atoms with Crippen LogP contribution in [0.15, 0.2) is 72.2 Å². The zero-order chi connectivity index (χ0) is 21.3. The van der Waals surface area contributed by atoms with Gasteiger partial charge in [0, 0.05) is 45.6 Å². The maximum atomic E-state index is 4.35. The standard InChI is InChI=1S/C25H32N6/c1-26-25(28-16-21-4-8-23(9-5-21)18-30-13-2-3-14-30)29-17-22-6-10-24(11-7-22)19-31-15-12-27-20-31/h4-12,15,20H,2-3,13-14,16-19H2,1H3,(H2,26,28,29). The largest absolute Gasteiger partial charge is 0.352 e. The van der Waals surface area contributed by atoms with Crippen LogP contribution in [0, 0.1) is 0 Å². The van der Waals surface area contributed by atoms with E-state index >= 15 is 0 Å². The summed E-state index contributed by atoms with van der Waals surface area (Å²) >= 11 is 0. The molecule has 3 aromatic rings. The van der Waals surface area contributed by atoms with Crippen molar-refractivity contribution in [1.82, 2.24) is 25.1 Å². The van der Waals surface area contributed by atoms with Gasteiger partial charge in [0.2, 0.25) is 0 Å². The van der Waals surface area contributed by atoms with Gasteiger partial charge in [-0.2, -0.15) is 0 Å². The number of hydrogen-bond donors (Lipinski definition) is 2. The fraction of sp³-hybridized carbons (Fsp3) is 0.360. The van der Waals surface area contributed by atoms with Crippen LogP contribution in [0.2, 0.25) is 0 Å². The number of guanidine groups is 1. The molecule has 1 aromatic heterocycles. The van der Waals surface area contributed by atoms with E-state index < -0.39 is 0 Å². The Morgan fingerprint density at radius 3 is 1.90 bits per heavy atom. The molecule has 1 saturated heterocycles. The first kappa shape index (κ1) is 21.1. The summed E-state index contributed by atoms with van der Waals surface area (Å²) < 4.78 is 2.07. The summed E-state index contributed by atoms with van der Waals surface area (Å²) in [7, 11) is 1.81. The number of likely N-dealkylation sites (tertiary alicyclic amines) is 1. The van der Waals surface area contributed by atoms with Crippen molar-refractivity contribution in [3.63, 3.8) is 0 Å². The van der Waals surface area contributed by atoms with Gasteiger partial charge in [0.1, 0.15) is 0 Å². The quantitative estimate of drug-likeness (QED) is 0.437. The van der Waals surface area contributed by atoms with Gasteiger partial charge >= 0.3 is 0 Å². The Morgan fingerprint density at radius 2 is 1.39 bits per heavy atom. The summed E-state index contributed by atoms with van der Waals surface area (Å²) in [6.07, 6.45) is 8.30. The summed E-state index contributed by atoms with van der Waals surface area (Å²) in [5, 5.41) is 6.81. The number of aliphatic imine (C=N–C) groups is 1. The molecule has 6 heteroatoms. The van der Waals surface area contributed by atoms with Crippen LogP contribution in [0.3, 0.4) is 0 Å². The lowest BCUT2D eigenvalue weighted by molar-refractivity contribution is 0.331. The van der Waals surface area contributed by atoms with Gasteiger partial charge in [-0.1, -0.05) is 48.5 Å². The third-order valence-corrected chi connectivity index (χ3v) is 5.72. The second-order valence-electron chi connectivity index (χ2n) is 8.13. The Labute approximate surface area is 185 Å². The van der Waals surface area contributed by atoms with Gasteiger partial charge in [-0.15, -0.1) is 0 Å². The lowest BCUT2D eigenvalue weighted by Crippen LogP contribution is -2.36. The average Bonchev–Trinajstić information content (AvgIpc) is 3.50. The topological polar surface area (TPSA) is 57.5 Å². The van der Waals surface area contributed by atoms with Crippen molar-refractivity contribution in [2.24, 2.45) is 4.99 Å². The Hall–Kier alpha value is -3.12. The van der Waals surface area contributed by atoms with Crippen molar-refractivity contribution >= 4 is 5.96 Å². The fourth-order valence-electron chi connectivity index (χ4n) is 3.91. The van der Waals surface area contributed by atoms with Gasteiger partial charge in [-0.25, -0.2) is 4.98 Å². The third kappa shape index (κ3) is 6.43. The predicted octanol–water partition coefficient (Wildman–Crippen LogP) is 3.39. The van der Waals surface area contributed by atoms with Crippen LogP contribution in [0.4, 0.5) is 0 Å². The molecule has 2 N–H and O–H groups in total. The number of nitrogens with zero attached hydrogens (tertiary/aromatic N) is 4. The number of aromatic nitrogens is 2. The van der Waals surface area contributed by atoms with Gasteiger partial charge < -0.3 is 15.2 Å². The summed E-state index contributed by atoms with van der Waals surface area (Å²) in [6.45, 7) is 5.87. The van der Waals surface area contributed by atoms with Crippen LogP contribution in [0.5, 0.6) is 0 Å². The molecule has 4 rings (SSSR count). The minimum atomic E-state index is 0.736. The van der Waals surface area contributed by atoms with E-state index in [2.05, 4.69) is 78.6 Å². The van der Waals surface area contributed by atoms with Gasteiger partial charge in [0.25, 0.3) is 0 Å². The molecule has 0 bridgehead atoms. The van der Waals surface area contributed by atoms with E-state index in [0.717, 1.165) is 32.1 Å². The van der Waals surface area contributed by atoms with E-state index in [4.69, 9.17) is 0 Å². The zero-order valence-corrected chi connectivity index (χ0v) is 18.3. The van der Waals surface area contributed by atoms with E-state index in [-0.39, 0.29) is 0 Å². The Morgan fingerprint density at radius 1 is 0.839 bits per heavy atom. The van der Waals surface area contributed by atoms with Crippen LogP contribution >= 0.6 is 0 Å². The van der Waals surface area contributed by atoms with E-state index in [1.54, 1.807) is 6.20 Å². The number of hydrogen-bond acceptors (Lipinski definition) is 3. The first-order valence-electron chi connectivity index (χ1n) is 11.1. The van der Waals surface area contributed by atoms with Crippen molar-refractivity contribution in [2.75, 3.05) is 20.1 Å². The molecule has 6 nitrogen and oxygen atoms in total. The van der Waals surface area contributed by atoms with E-state index in [1.807, 2.05) is 19.6 Å². The molecular formula is C25H32N6. The van der Waals surface area contributed by atoms with Crippen LogP contribution in [-0.4, -0.2) is 40.5 Å². The maximum Gasteiger partial charge on any atom is 0.191 e. The number of nitrogens with one attached hydrogen (secondary N) is 2. The zero-order valence-electron chi connectivity index (χ0n) is 18.3. The second kappa shape index (κ2) is 10.8. The van der Waals surface area contributed by atoms with Crippen LogP contribution < -0.4 is 10.6 Å². The molecule has 1 aliphatic heterocycles. The molecule has 0 unspecified atom stereocenters. The molecule has 162 valence electrons. The maximum absolute atomic E-state index is 4.35. The second-order valence-corrected chi connectivity index (χ2v) is 8.13. The molecule has 2 heterocycles. The minimum absolute atomic E-state index is 0.736. The van der Waals surface area contributed by atoms with Crippen LogP contribution in [-0.2, 0) is 26.2 Å². The van der Waals surface area contributed by atoms with E-state index in [0.29, 0.717) is 0 Å². The van der Waals surface area contributed by atoms with E-state index in [9.17, 15) is 0 Å². The first-order chi connectivity index (χ1) is 15.3. The van der Waals surface area contributed by atoms with Crippen molar-refractivity contribution < 1.29 is 0 Å². The average molecular weight is 417 g/mol. The van der Waals surface area contributed by atoms with Crippen LogP contribution in [0.1, 0.15) is 35.1 Å². The van der Waals surface area contributed by atoms with Gasteiger partial charge in [0.05, 0.1) is 6.33 Å². The Bertz CT molecular complexity index is 939. The third-order valence-electron chi connectivity index (χ3n) is 5.72. The first-order valence-corrected chi connectivity index (χ1v) is 11.1. The Balaban J connectivity index is 1.21. The highest BCUT2D eigenvalue weighted by atomic mass is 15.2. The molecule has 1 aliphatic rings. The minimum Gasteiger partial charge on any atom is -0.352 e. The molecule has 0 spiro atoms. The number of imidazole rings is 1. The molecule has 0 radical (unpaired) electrons. The number of rotatable bonds is 8. The molecule has 0 amide bonds. The monoisotopic (exact) mass is 416 g/mol. The highest BCUT2D eigenvalue weighted by molar-refractivity contribution is 5.79. The Kier molecular flexibility index (Phi) is 7.34. The van der Waals surface area contributed by atoms with Crippen LogP contribution in [0.25, 0.3) is 0 Å². The molecule has 0 saturated carbocycles. The van der Waals surface area contributed by atoms with E-state index in [1.165, 1.54) is 48.2 Å². The van der Waals surface area contributed by atoms with Gasteiger partial charge in [0.15, 0.2) is 5.96 Å². The molecule has 0 atom stereocenters. The van der Waals surface area contributed by atoms with Crippen molar-refractivity contribution in [3.8, 4) is 0 Å². The molecule has 1 fully saturated rings. The smallest absolute Gasteiger partial charge is 0.191 e. The SMILES string of the molecule is CN=C(NCc1ccc(CN2CCCC2)cc1)NCc1ccc(Cn2ccnc2)cc1. The highest BCUT2D eigenvalue weighted by Gasteiger charge is 2.11. The van der Waals surface area contributed by atoms with Crippen molar-refractivity contribution in [2.45, 2.75) is 39.0 Å². The lowest BCUT2D eigenvalue weighted by atomic mass is 10.1. The fourth-order valence-corrected chi connectivity index (χ4v) is 3.91. The highest BCUT2D eigenvalue weighted by Crippen LogP contribution is 2.13. The van der Waals surface area contributed by atoms with Gasteiger partial charge in [-0.05, 0) is 48.2 Å². The summed E-state index contributed by atoms with van der Waals surface area (Å²) in [5.74, 6) is 0.809. The summed E-state index contributed by atoms with van der Waals surface area (Å²) in [5.41, 5.74) is 5.14. The van der Waals surface area contributed by atoms with Gasteiger partial charge in [-0.3, -0.25) is 9.89 Å². The van der Waals surface area contributed by atoms with Crippen molar-refractivity contribution in [3.05, 3.63) is 89.5 Å². The predicted molar refractivity (Wildman–Crippen MR) is 126 cm³/mol. The summed E-state index contributed by atoms with van der Waals surface area (Å²) in [6, 6.07) is 17.6. The molecule has 2 aromatic carbocycles. The molecule has 0 aliphatic carbocycles. The summed E-state index contributed by atoms with van der Waals surface area (Å²) in [4.78, 5) is 11.0. The normalized spacial score (nSPS) is 14.7. The number of benzene rings is 2. The molecule has 31 heavy (non-hydrogen) atoms. The molecular weight excluding hydrogens is 384 g/mol. The lowest BCUT2D eigenvalue weighted by Gasteiger charge is -2.15.